The van der Waals surface area contributed by atoms with Gasteiger partial charge in [0.15, 0.2) is 0 Å². The van der Waals surface area contributed by atoms with Crippen molar-refractivity contribution in [2.75, 3.05) is 5.32 Å². The van der Waals surface area contributed by atoms with Gasteiger partial charge in [-0.05, 0) is 58.0 Å². The molecule has 41 heavy (non-hydrogen) atoms. The summed E-state index contributed by atoms with van der Waals surface area (Å²) in [4.78, 5) is 42.4. The Bertz CT molecular complexity index is 1560. The van der Waals surface area contributed by atoms with Gasteiger partial charge in [0.1, 0.15) is 17.9 Å². The van der Waals surface area contributed by atoms with Crippen LogP contribution in [0.5, 0.6) is 0 Å². The zero-order chi connectivity index (χ0) is 29.6. The normalized spacial score (nSPS) is 12.5. The third-order valence-corrected chi connectivity index (χ3v) is 6.64. The molecule has 3 N–H and O–H groups in total. The zero-order valence-corrected chi connectivity index (χ0v) is 23.0. The van der Waals surface area contributed by atoms with Gasteiger partial charge in [0.2, 0.25) is 11.8 Å². The van der Waals surface area contributed by atoms with Crippen LogP contribution in [0.1, 0.15) is 38.8 Å². The number of hydrogen-bond acceptors (Lipinski definition) is 5. The van der Waals surface area contributed by atoms with Crippen molar-refractivity contribution in [1.82, 2.24) is 14.9 Å². The Morgan fingerprint density at radius 1 is 0.902 bits per heavy atom. The molecular weight excluding hydrogens is 518 g/mol. The highest BCUT2D eigenvalue weighted by atomic mass is 16.4. The van der Waals surface area contributed by atoms with E-state index in [-0.39, 0.29) is 0 Å². The minimum Gasteiger partial charge on any atom is -0.481 e. The van der Waals surface area contributed by atoms with Crippen molar-refractivity contribution in [3.8, 4) is 28.3 Å². The molecule has 2 atom stereocenters. The molecule has 0 radical (unpaired) electrons. The number of pyridine rings is 1. The monoisotopic (exact) mass is 549 g/mol. The number of benzene rings is 2. The Hall–Kier alpha value is -5.23. The molecule has 0 aliphatic heterocycles. The smallest absolute Gasteiger partial charge is 0.306 e. The first-order valence-electron chi connectivity index (χ1n) is 13.1. The molecule has 0 saturated carbocycles. The van der Waals surface area contributed by atoms with E-state index < -0.39 is 41.7 Å². The van der Waals surface area contributed by atoms with Crippen molar-refractivity contribution in [3.63, 3.8) is 0 Å². The topological polar surface area (TPSA) is 137 Å². The maximum atomic E-state index is 13.5. The van der Waals surface area contributed by atoms with Crippen molar-refractivity contribution in [2.24, 2.45) is 5.41 Å². The van der Waals surface area contributed by atoms with Gasteiger partial charge in [-0.2, -0.15) is 5.26 Å². The lowest BCUT2D eigenvalue weighted by Gasteiger charge is -2.31. The SMILES string of the molecule is CC(C)(C)[C@H](NC(=O)[C@@H](CC(=O)O)n1ccc(-c2ccc(-c3ccc(C#N)cc3)cc2)c1)C(=O)Nc1ccccn1. The number of carbonyl (C=O) groups is 3. The number of anilines is 1. The van der Waals surface area contributed by atoms with Crippen LogP contribution in [0.2, 0.25) is 0 Å². The quantitative estimate of drug-likeness (QED) is 0.260. The summed E-state index contributed by atoms with van der Waals surface area (Å²) in [6.07, 6.45) is 4.48. The molecule has 4 aromatic rings. The Morgan fingerprint density at radius 2 is 1.51 bits per heavy atom. The molecule has 0 aliphatic rings. The standard InChI is InChI=1S/C32H31N5O4/c1-32(2,3)29(31(41)35-27-6-4-5-16-34-27)36-30(40)26(18-28(38)39)37-17-15-25(20-37)24-13-11-23(12-14-24)22-9-7-21(19-33)8-10-22/h4-17,20,26,29H,18H2,1-3H3,(H,36,40)(H,38,39)(H,34,35,41)/t26-,29-/m1/s1. The molecule has 208 valence electrons. The highest BCUT2D eigenvalue weighted by Gasteiger charge is 2.35. The third kappa shape index (κ3) is 7.25. The van der Waals surface area contributed by atoms with Crippen molar-refractivity contribution < 1.29 is 19.5 Å². The van der Waals surface area contributed by atoms with E-state index in [1.165, 1.54) is 0 Å². The fraction of sp³-hybridized carbons (Fsp3) is 0.219. The number of carboxylic acid groups (broad SMARTS) is 1. The summed E-state index contributed by atoms with van der Waals surface area (Å²) in [5.74, 6) is -1.82. The molecule has 2 aromatic heterocycles. The van der Waals surface area contributed by atoms with Crippen LogP contribution in [0.4, 0.5) is 5.82 Å². The van der Waals surface area contributed by atoms with Gasteiger partial charge in [-0.3, -0.25) is 14.4 Å². The van der Waals surface area contributed by atoms with Gasteiger partial charge in [0.05, 0.1) is 18.1 Å². The molecule has 2 aromatic carbocycles. The summed E-state index contributed by atoms with van der Waals surface area (Å²) in [6, 6.07) is 22.1. The highest BCUT2D eigenvalue weighted by Crippen LogP contribution is 2.28. The molecule has 2 heterocycles. The molecule has 0 unspecified atom stereocenters. The van der Waals surface area contributed by atoms with Crippen LogP contribution in [-0.2, 0) is 14.4 Å². The summed E-state index contributed by atoms with van der Waals surface area (Å²) >= 11 is 0. The fourth-order valence-corrected chi connectivity index (χ4v) is 4.42. The largest absolute Gasteiger partial charge is 0.481 e. The van der Waals surface area contributed by atoms with Crippen molar-refractivity contribution in [2.45, 2.75) is 39.3 Å². The van der Waals surface area contributed by atoms with E-state index in [1.807, 2.05) is 63.2 Å². The van der Waals surface area contributed by atoms with Crippen molar-refractivity contribution in [3.05, 3.63) is 97.0 Å². The molecular formula is C32H31N5O4. The summed E-state index contributed by atoms with van der Waals surface area (Å²) in [5, 5.41) is 24.1. The van der Waals surface area contributed by atoms with Gasteiger partial charge >= 0.3 is 5.97 Å². The van der Waals surface area contributed by atoms with Crippen molar-refractivity contribution in [1.29, 1.82) is 5.26 Å². The van der Waals surface area contributed by atoms with E-state index in [1.54, 1.807) is 53.5 Å². The molecule has 0 fully saturated rings. The van der Waals surface area contributed by atoms with Gasteiger partial charge in [-0.25, -0.2) is 4.98 Å². The predicted molar refractivity (Wildman–Crippen MR) is 156 cm³/mol. The number of rotatable bonds is 9. The summed E-state index contributed by atoms with van der Waals surface area (Å²) < 4.78 is 1.56. The summed E-state index contributed by atoms with van der Waals surface area (Å²) in [5.41, 5.74) is 3.58. The van der Waals surface area contributed by atoms with Crippen molar-refractivity contribution >= 4 is 23.6 Å². The number of nitriles is 1. The van der Waals surface area contributed by atoms with Gasteiger partial charge in [0, 0.05) is 18.6 Å². The number of aromatic nitrogens is 2. The average molecular weight is 550 g/mol. The first kappa shape index (κ1) is 28.8. The number of amides is 2. The maximum Gasteiger partial charge on any atom is 0.306 e. The minimum atomic E-state index is -1.14. The first-order valence-corrected chi connectivity index (χ1v) is 13.1. The zero-order valence-electron chi connectivity index (χ0n) is 23.0. The predicted octanol–water partition coefficient (Wildman–Crippen LogP) is 5.27. The van der Waals surface area contributed by atoms with Gasteiger partial charge in [0.25, 0.3) is 0 Å². The Balaban J connectivity index is 1.54. The van der Waals surface area contributed by atoms with E-state index in [2.05, 4.69) is 21.7 Å². The lowest BCUT2D eigenvalue weighted by molar-refractivity contribution is -0.141. The Kier molecular flexibility index (Phi) is 8.63. The van der Waals surface area contributed by atoms with Crippen LogP contribution < -0.4 is 10.6 Å². The average Bonchev–Trinajstić information content (AvgIpc) is 3.44. The molecule has 0 bridgehead atoms. The van der Waals surface area contributed by atoms with E-state index in [9.17, 15) is 19.5 Å². The lowest BCUT2D eigenvalue weighted by atomic mass is 9.85. The first-order chi connectivity index (χ1) is 19.5. The van der Waals surface area contributed by atoms with Crippen LogP contribution in [0.15, 0.2) is 91.4 Å². The van der Waals surface area contributed by atoms with E-state index in [4.69, 9.17) is 5.26 Å². The van der Waals surface area contributed by atoms with Crippen LogP contribution in [0.3, 0.4) is 0 Å². The van der Waals surface area contributed by atoms with Crippen LogP contribution in [-0.4, -0.2) is 38.5 Å². The molecule has 0 aliphatic carbocycles. The molecule has 9 heteroatoms. The summed E-state index contributed by atoms with van der Waals surface area (Å²) in [7, 11) is 0. The summed E-state index contributed by atoms with van der Waals surface area (Å²) in [6.45, 7) is 5.45. The number of hydrogen-bond donors (Lipinski definition) is 3. The number of nitrogens with one attached hydrogen (secondary N) is 2. The van der Waals surface area contributed by atoms with Crippen LogP contribution in [0, 0.1) is 16.7 Å². The lowest BCUT2D eigenvalue weighted by Crippen LogP contribution is -2.53. The molecule has 4 rings (SSSR count). The molecule has 2 amide bonds. The van der Waals surface area contributed by atoms with E-state index in [0.717, 1.165) is 22.3 Å². The van der Waals surface area contributed by atoms with Crippen LogP contribution >= 0.6 is 0 Å². The van der Waals surface area contributed by atoms with Gasteiger partial charge in [-0.15, -0.1) is 0 Å². The van der Waals surface area contributed by atoms with E-state index in [0.29, 0.717) is 11.4 Å². The van der Waals surface area contributed by atoms with Gasteiger partial charge < -0.3 is 20.3 Å². The maximum absolute atomic E-state index is 13.5. The fourth-order valence-electron chi connectivity index (χ4n) is 4.42. The van der Waals surface area contributed by atoms with Gasteiger partial charge in [-0.1, -0.05) is 63.2 Å². The number of nitrogens with zero attached hydrogens (tertiary/aromatic N) is 3. The molecule has 0 saturated heterocycles. The number of carbonyl (C=O) groups excluding carboxylic acids is 2. The van der Waals surface area contributed by atoms with E-state index >= 15 is 0 Å². The minimum absolute atomic E-state index is 0.350. The Morgan fingerprint density at radius 3 is 2.05 bits per heavy atom. The number of aliphatic carboxylic acids is 1. The molecule has 0 spiro atoms. The third-order valence-electron chi connectivity index (χ3n) is 6.64. The second-order valence-corrected chi connectivity index (χ2v) is 10.7. The highest BCUT2D eigenvalue weighted by molar-refractivity contribution is 5.98. The second kappa shape index (κ2) is 12.3. The Labute approximate surface area is 238 Å². The molecule has 9 nitrogen and oxygen atoms in total. The van der Waals surface area contributed by atoms with Crippen LogP contribution in [0.25, 0.3) is 22.3 Å². The second-order valence-electron chi connectivity index (χ2n) is 10.7. The number of carboxylic acids is 1.